The minimum absolute atomic E-state index is 0.258. The summed E-state index contributed by atoms with van der Waals surface area (Å²) in [5.74, 6) is -0.258. The van der Waals surface area contributed by atoms with E-state index in [0.29, 0.717) is 6.61 Å². The molecule has 1 unspecified atom stereocenters. The van der Waals surface area contributed by atoms with Crippen molar-refractivity contribution in [3.63, 3.8) is 0 Å². The predicted octanol–water partition coefficient (Wildman–Crippen LogP) is 0.754. The zero-order valence-corrected chi connectivity index (χ0v) is 8.68. The van der Waals surface area contributed by atoms with Crippen molar-refractivity contribution < 1.29 is 9.53 Å². The lowest BCUT2D eigenvalue weighted by Gasteiger charge is -2.22. The molecular weight excluding hydrogens is 158 g/mol. The van der Waals surface area contributed by atoms with Crippen LogP contribution in [0.4, 0.5) is 0 Å². The second-order valence-electron chi connectivity index (χ2n) is 3.60. The van der Waals surface area contributed by atoms with Gasteiger partial charge in [0.15, 0.2) is 0 Å². The molecule has 0 bridgehead atoms. The molecule has 0 radical (unpaired) electrons. The lowest BCUT2D eigenvalue weighted by molar-refractivity contribution is -0.142. The van der Waals surface area contributed by atoms with Crippen molar-refractivity contribution >= 4 is 14.0 Å². The highest BCUT2D eigenvalue weighted by atomic mass is 28.3. The Balaban J connectivity index is 4.03. The van der Waals surface area contributed by atoms with Crippen LogP contribution in [0.25, 0.3) is 0 Å². The zero-order chi connectivity index (χ0) is 9.07. The Labute approximate surface area is 68.9 Å². The Kier molecular flexibility index (Phi) is 3.75. The van der Waals surface area contributed by atoms with Crippen molar-refractivity contribution in [2.24, 2.45) is 5.73 Å². The van der Waals surface area contributed by atoms with Gasteiger partial charge in [-0.2, -0.15) is 0 Å². The number of esters is 1. The van der Waals surface area contributed by atoms with E-state index in [9.17, 15) is 4.79 Å². The van der Waals surface area contributed by atoms with E-state index in [4.69, 9.17) is 10.5 Å². The topological polar surface area (TPSA) is 52.3 Å². The summed E-state index contributed by atoms with van der Waals surface area (Å²) in [7, 11) is -1.56. The molecule has 11 heavy (non-hydrogen) atoms. The van der Waals surface area contributed by atoms with Crippen LogP contribution in [-0.4, -0.2) is 26.3 Å². The van der Waals surface area contributed by atoms with Crippen LogP contribution in [0.2, 0.25) is 19.6 Å². The van der Waals surface area contributed by atoms with Gasteiger partial charge in [-0.3, -0.25) is 4.79 Å². The lowest BCUT2D eigenvalue weighted by atomic mass is 10.7. The van der Waals surface area contributed by atoms with E-state index in [1.807, 2.05) is 0 Å². The SMILES string of the molecule is CCOC(=O)C(N)[Si](C)(C)C. The quantitative estimate of drug-likeness (QED) is 0.509. The van der Waals surface area contributed by atoms with E-state index in [1.165, 1.54) is 0 Å². The van der Waals surface area contributed by atoms with Gasteiger partial charge in [0.05, 0.1) is 20.3 Å². The van der Waals surface area contributed by atoms with Crippen LogP contribution in [0, 0.1) is 0 Å². The molecule has 0 saturated carbocycles. The Bertz CT molecular complexity index is 142. The van der Waals surface area contributed by atoms with Crippen molar-refractivity contribution in [1.29, 1.82) is 0 Å². The molecule has 66 valence electrons. The predicted molar refractivity (Wildman–Crippen MR) is 48.0 cm³/mol. The van der Waals surface area contributed by atoms with Gasteiger partial charge in [-0.15, -0.1) is 0 Å². The summed E-state index contributed by atoms with van der Waals surface area (Å²) in [5.41, 5.74) is 5.28. The van der Waals surface area contributed by atoms with Gasteiger partial charge in [0.25, 0.3) is 0 Å². The first kappa shape index (κ1) is 10.6. The maximum atomic E-state index is 11.1. The molecule has 0 aliphatic heterocycles. The molecule has 0 saturated heterocycles. The summed E-state index contributed by atoms with van der Waals surface area (Å²) < 4.78 is 4.80. The zero-order valence-electron chi connectivity index (χ0n) is 7.68. The van der Waals surface area contributed by atoms with E-state index < -0.39 is 8.07 Å². The number of hydrogen-bond donors (Lipinski definition) is 1. The largest absolute Gasteiger partial charge is 0.465 e. The minimum Gasteiger partial charge on any atom is -0.465 e. The summed E-state index contributed by atoms with van der Waals surface area (Å²) in [6.45, 7) is 8.35. The molecule has 1 atom stereocenters. The van der Waals surface area contributed by atoms with Crippen LogP contribution >= 0.6 is 0 Å². The Morgan fingerprint density at radius 3 is 2.27 bits per heavy atom. The Morgan fingerprint density at radius 1 is 1.55 bits per heavy atom. The normalized spacial score (nSPS) is 14.3. The summed E-state index contributed by atoms with van der Waals surface area (Å²) in [6, 6.07) is 0. The molecule has 0 fully saturated rings. The maximum Gasteiger partial charge on any atom is 0.319 e. The number of rotatable bonds is 3. The van der Waals surface area contributed by atoms with Gasteiger partial charge in [0.2, 0.25) is 0 Å². The molecule has 2 N–H and O–H groups in total. The van der Waals surface area contributed by atoms with E-state index in [-0.39, 0.29) is 11.6 Å². The van der Waals surface area contributed by atoms with Gasteiger partial charge in [-0.05, 0) is 6.92 Å². The van der Waals surface area contributed by atoms with Gasteiger partial charge < -0.3 is 10.5 Å². The van der Waals surface area contributed by atoms with Crippen molar-refractivity contribution in [1.82, 2.24) is 0 Å². The van der Waals surface area contributed by atoms with Crippen molar-refractivity contribution in [2.75, 3.05) is 6.61 Å². The summed E-state index contributed by atoms with van der Waals surface area (Å²) >= 11 is 0. The molecule has 0 aromatic rings. The smallest absolute Gasteiger partial charge is 0.319 e. The molecule has 3 nitrogen and oxygen atoms in total. The average Bonchev–Trinajstić information content (AvgIpc) is 1.85. The van der Waals surface area contributed by atoms with Crippen LogP contribution in [0.15, 0.2) is 0 Å². The average molecular weight is 175 g/mol. The lowest BCUT2D eigenvalue weighted by Crippen LogP contribution is -2.51. The Morgan fingerprint density at radius 2 is 2.00 bits per heavy atom. The van der Waals surface area contributed by atoms with Crippen LogP contribution < -0.4 is 5.73 Å². The van der Waals surface area contributed by atoms with E-state index in [1.54, 1.807) is 6.92 Å². The number of hydrogen-bond acceptors (Lipinski definition) is 3. The van der Waals surface area contributed by atoms with Crippen LogP contribution in [0.3, 0.4) is 0 Å². The van der Waals surface area contributed by atoms with E-state index in [0.717, 1.165) is 0 Å². The number of carbonyl (C=O) groups is 1. The fraction of sp³-hybridized carbons (Fsp3) is 0.857. The fourth-order valence-corrected chi connectivity index (χ4v) is 1.38. The molecule has 0 aromatic heterocycles. The molecule has 4 heteroatoms. The molecule has 0 amide bonds. The van der Waals surface area contributed by atoms with Crippen LogP contribution in [0.1, 0.15) is 6.92 Å². The Hall–Kier alpha value is -0.353. The minimum atomic E-state index is -1.56. The van der Waals surface area contributed by atoms with Gasteiger partial charge >= 0.3 is 5.97 Å². The van der Waals surface area contributed by atoms with Gasteiger partial charge in [0.1, 0.15) is 0 Å². The molecule has 0 aromatic carbocycles. The standard InChI is InChI=1S/C7H17NO2Si/c1-5-10-7(9)6(8)11(2,3)4/h6H,5,8H2,1-4H3. The fourth-order valence-electron chi connectivity index (χ4n) is 0.586. The highest BCUT2D eigenvalue weighted by Crippen LogP contribution is 2.06. The van der Waals surface area contributed by atoms with Gasteiger partial charge in [0, 0.05) is 0 Å². The molecule has 0 heterocycles. The number of carbonyl (C=O) groups excluding carboxylic acids is 1. The third-order valence-electron chi connectivity index (χ3n) is 1.47. The first-order valence-corrected chi connectivity index (χ1v) is 7.39. The van der Waals surface area contributed by atoms with E-state index >= 15 is 0 Å². The summed E-state index contributed by atoms with van der Waals surface area (Å²) in [5, 5.41) is 0. The second kappa shape index (κ2) is 3.87. The van der Waals surface area contributed by atoms with Crippen molar-refractivity contribution in [3.8, 4) is 0 Å². The summed E-state index contributed by atoms with van der Waals surface area (Å²) in [4.78, 5) is 11.1. The molecular formula is C7H17NO2Si. The van der Waals surface area contributed by atoms with Crippen LogP contribution in [0.5, 0.6) is 0 Å². The monoisotopic (exact) mass is 175 g/mol. The summed E-state index contributed by atoms with van der Waals surface area (Å²) in [6.07, 6.45) is 0. The second-order valence-corrected chi connectivity index (χ2v) is 8.95. The van der Waals surface area contributed by atoms with Crippen molar-refractivity contribution in [3.05, 3.63) is 0 Å². The van der Waals surface area contributed by atoms with Crippen molar-refractivity contribution in [2.45, 2.75) is 32.2 Å². The van der Waals surface area contributed by atoms with E-state index in [2.05, 4.69) is 19.6 Å². The number of ether oxygens (including phenoxy) is 1. The molecule has 0 aliphatic carbocycles. The highest BCUT2D eigenvalue weighted by Gasteiger charge is 2.30. The maximum absolute atomic E-state index is 11.1. The highest BCUT2D eigenvalue weighted by molar-refractivity contribution is 6.80. The molecule has 0 spiro atoms. The number of nitrogens with two attached hydrogens (primary N) is 1. The third-order valence-corrected chi connectivity index (χ3v) is 3.58. The van der Waals surface area contributed by atoms with Crippen LogP contribution in [-0.2, 0) is 9.53 Å². The van der Waals surface area contributed by atoms with Gasteiger partial charge in [-0.1, -0.05) is 19.6 Å². The van der Waals surface area contributed by atoms with Gasteiger partial charge in [-0.25, -0.2) is 0 Å². The molecule has 0 rings (SSSR count). The first-order chi connectivity index (χ1) is 4.89. The third kappa shape index (κ3) is 3.53. The molecule has 0 aliphatic rings. The first-order valence-electron chi connectivity index (χ1n) is 3.81.